The van der Waals surface area contributed by atoms with Crippen LogP contribution in [0.4, 0.5) is 17.6 Å². The van der Waals surface area contributed by atoms with Gasteiger partial charge < -0.3 is 4.74 Å². The van der Waals surface area contributed by atoms with Crippen LogP contribution in [0.2, 0.25) is 0 Å². The smallest absolute Gasteiger partial charge is 0.312 e. The molecule has 0 aliphatic rings. The quantitative estimate of drug-likeness (QED) is 0.467. The van der Waals surface area contributed by atoms with Gasteiger partial charge in [0.2, 0.25) is 0 Å². The summed E-state index contributed by atoms with van der Waals surface area (Å²) in [7, 11) is 0. The minimum absolute atomic E-state index is 0.0933. The molecule has 0 spiro atoms. The van der Waals surface area contributed by atoms with Crippen molar-refractivity contribution in [3.63, 3.8) is 0 Å². The lowest BCUT2D eigenvalue weighted by Gasteiger charge is -2.21. The van der Waals surface area contributed by atoms with Gasteiger partial charge in [-0.2, -0.15) is 17.6 Å². The molecule has 1 nitrogen and oxygen atoms in total. The van der Waals surface area contributed by atoms with Crippen molar-refractivity contribution in [2.45, 2.75) is 19.0 Å². The van der Waals surface area contributed by atoms with Gasteiger partial charge in [0.05, 0.1) is 6.61 Å². The Balaban J connectivity index is 4.10. The van der Waals surface area contributed by atoms with Gasteiger partial charge in [0.15, 0.2) is 0 Å². The van der Waals surface area contributed by atoms with E-state index in [1.807, 2.05) is 0 Å². The number of ether oxygens (including phenoxy) is 1. The monoisotopic (exact) mass is 172 g/mol. The summed E-state index contributed by atoms with van der Waals surface area (Å²) in [6.07, 6.45) is -3.44. The molecule has 0 aromatic carbocycles. The molecule has 0 unspecified atom stereocenters. The van der Waals surface area contributed by atoms with Gasteiger partial charge in [-0.3, -0.25) is 0 Å². The highest BCUT2D eigenvalue weighted by molar-refractivity contribution is 4.73. The van der Waals surface area contributed by atoms with Crippen LogP contribution in [0.5, 0.6) is 0 Å². The maximum Gasteiger partial charge on any atom is 0.419 e. The lowest BCUT2D eigenvalue weighted by atomic mass is 10.4. The minimum atomic E-state index is -4.42. The van der Waals surface area contributed by atoms with E-state index in [4.69, 9.17) is 0 Å². The number of hydrogen-bond donors (Lipinski definition) is 0. The van der Waals surface area contributed by atoms with Crippen LogP contribution in [0.25, 0.3) is 0 Å². The molecule has 0 aromatic heterocycles. The molecule has 0 atom stereocenters. The first-order valence-corrected chi connectivity index (χ1v) is 2.82. The van der Waals surface area contributed by atoms with Crippen LogP contribution in [-0.4, -0.2) is 18.6 Å². The minimum Gasteiger partial charge on any atom is -0.312 e. The van der Waals surface area contributed by atoms with Gasteiger partial charge in [-0.15, -0.1) is 6.58 Å². The average Bonchev–Trinajstić information content (AvgIpc) is 1.81. The number of rotatable bonds is 4. The van der Waals surface area contributed by atoms with Crippen LogP contribution in [0.15, 0.2) is 12.7 Å². The van der Waals surface area contributed by atoms with E-state index in [1.54, 1.807) is 0 Å². The van der Waals surface area contributed by atoms with Crippen molar-refractivity contribution >= 4 is 0 Å². The predicted octanol–water partition coefficient (Wildman–Crippen LogP) is 2.44. The van der Waals surface area contributed by atoms with Gasteiger partial charge in [0, 0.05) is 6.92 Å². The Bertz CT molecular complexity index is 138. The Morgan fingerprint density at radius 3 is 2.09 bits per heavy atom. The van der Waals surface area contributed by atoms with E-state index in [0.717, 1.165) is 6.08 Å². The van der Waals surface area contributed by atoms with E-state index in [0.29, 0.717) is 0 Å². The lowest BCUT2D eigenvalue weighted by Crippen LogP contribution is -2.40. The van der Waals surface area contributed by atoms with Crippen LogP contribution in [-0.2, 0) is 4.74 Å². The Morgan fingerprint density at radius 1 is 1.36 bits per heavy atom. The van der Waals surface area contributed by atoms with E-state index in [1.165, 1.54) is 0 Å². The van der Waals surface area contributed by atoms with Gasteiger partial charge in [-0.05, 0) is 0 Å². The third-order valence-electron chi connectivity index (χ3n) is 0.894. The summed E-state index contributed by atoms with van der Waals surface area (Å²) in [6, 6.07) is 0. The Morgan fingerprint density at radius 2 is 1.82 bits per heavy atom. The zero-order chi connectivity index (χ0) is 9.12. The Kier molecular flexibility index (Phi) is 3.04. The lowest BCUT2D eigenvalue weighted by molar-refractivity contribution is -0.337. The number of hydrogen-bond acceptors (Lipinski definition) is 1. The first-order chi connectivity index (χ1) is 4.81. The molecule has 0 aliphatic carbocycles. The summed E-state index contributed by atoms with van der Waals surface area (Å²) >= 11 is 0. The van der Waals surface area contributed by atoms with Crippen molar-refractivity contribution in [2.24, 2.45) is 0 Å². The molecule has 0 aliphatic heterocycles. The number of alkyl halides is 4. The van der Waals surface area contributed by atoms with Crippen molar-refractivity contribution in [3.8, 4) is 0 Å². The Labute approximate surface area is 61.7 Å². The van der Waals surface area contributed by atoms with Crippen LogP contribution in [0.1, 0.15) is 6.92 Å². The first-order valence-electron chi connectivity index (χ1n) is 2.82. The topological polar surface area (TPSA) is 9.23 Å². The normalized spacial score (nSPS) is 13.2. The molecule has 0 saturated heterocycles. The number of halogens is 4. The average molecular weight is 172 g/mol. The standard InChI is InChI=1S/C6H8F4O/c1-3-4-11-6(9,10)5(2,7)8/h3H,1,4H2,2H3. The molecule has 0 saturated carbocycles. The molecule has 66 valence electrons. The SMILES string of the molecule is C=CCOC(F)(F)C(C)(F)F. The third-order valence-corrected chi connectivity index (χ3v) is 0.894. The fourth-order valence-corrected chi connectivity index (χ4v) is 0.290. The first kappa shape index (κ1) is 10.4. The summed E-state index contributed by atoms with van der Waals surface area (Å²) in [6.45, 7) is 2.54. The predicted molar refractivity (Wildman–Crippen MR) is 31.7 cm³/mol. The van der Waals surface area contributed by atoms with Gasteiger partial charge >= 0.3 is 12.0 Å². The summed E-state index contributed by atoms with van der Waals surface area (Å²) in [5, 5.41) is 0. The molecule has 0 fully saturated rings. The zero-order valence-corrected chi connectivity index (χ0v) is 5.91. The van der Waals surface area contributed by atoms with Gasteiger partial charge in [-0.1, -0.05) is 6.08 Å². The maximum atomic E-state index is 12.1. The van der Waals surface area contributed by atoms with Gasteiger partial charge in [0.25, 0.3) is 0 Å². The van der Waals surface area contributed by atoms with Crippen molar-refractivity contribution in [3.05, 3.63) is 12.7 Å². The highest BCUT2D eigenvalue weighted by Gasteiger charge is 2.53. The molecule has 5 heteroatoms. The third kappa shape index (κ3) is 2.88. The second-order valence-corrected chi connectivity index (χ2v) is 2.00. The van der Waals surface area contributed by atoms with Gasteiger partial charge in [-0.25, -0.2) is 0 Å². The molecule has 11 heavy (non-hydrogen) atoms. The molecule has 0 bridgehead atoms. The molecule has 0 rings (SSSR count). The summed E-state index contributed by atoms with van der Waals surface area (Å²) in [4.78, 5) is 0. The van der Waals surface area contributed by atoms with Crippen molar-refractivity contribution in [1.29, 1.82) is 0 Å². The van der Waals surface area contributed by atoms with Crippen LogP contribution >= 0.6 is 0 Å². The van der Waals surface area contributed by atoms with E-state index >= 15 is 0 Å². The van der Waals surface area contributed by atoms with Crippen molar-refractivity contribution in [1.82, 2.24) is 0 Å². The summed E-state index contributed by atoms with van der Waals surface area (Å²) in [5.41, 5.74) is 0. The van der Waals surface area contributed by atoms with Gasteiger partial charge in [0.1, 0.15) is 0 Å². The molecular weight excluding hydrogens is 164 g/mol. The fraction of sp³-hybridized carbons (Fsp3) is 0.667. The highest BCUT2D eigenvalue weighted by Crippen LogP contribution is 2.34. The molecule has 0 heterocycles. The zero-order valence-electron chi connectivity index (χ0n) is 5.91. The molecular formula is C6H8F4O. The van der Waals surface area contributed by atoms with E-state index < -0.39 is 18.6 Å². The van der Waals surface area contributed by atoms with E-state index in [-0.39, 0.29) is 6.92 Å². The van der Waals surface area contributed by atoms with Crippen LogP contribution < -0.4 is 0 Å². The van der Waals surface area contributed by atoms with Crippen LogP contribution in [0.3, 0.4) is 0 Å². The fourth-order valence-electron chi connectivity index (χ4n) is 0.290. The van der Waals surface area contributed by atoms with E-state index in [9.17, 15) is 17.6 Å². The summed E-state index contributed by atoms with van der Waals surface area (Å²) < 4.78 is 51.6. The second kappa shape index (κ2) is 3.21. The van der Waals surface area contributed by atoms with E-state index in [2.05, 4.69) is 11.3 Å². The molecule has 0 amide bonds. The molecule has 0 aromatic rings. The largest absolute Gasteiger partial charge is 0.419 e. The van der Waals surface area contributed by atoms with Crippen LogP contribution in [0, 0.1) is 0 Å². The maximum absolute atomic E-state index is 12.1. The Hall–Kier alpha value is -0.580. The molecule has 0 N–H and O–H groups in total. The van der Waals surface area contributed by atoms with Crippen molar-refractivity contribution in [2.75, 3.05) is 6.61 Å². The second-order valence-electron chi connectivity index (χ2n) is 2.00. The van der Waals surface area contributed by atoms with Crippen molar-refractivity contribution < 1.29 is 22.3 Å². The highest BCUT2D eigenvalue weighted by atomic mass is 19.3. The molecule has 0 radical (unpaired) electrons. The summed E-state index contributed by atoms with van der Waals surface area (Å²) in [5.74, 6) is -4.16.